The van der Waals surface area contributed by atoms with E-state index < -0.39 is 0 Å². The fraction of sp³-hybridized carbons (Fsp3) is 0.381. The molecule has 1 saturated heterocycles. The van der Waals surface area contributed by atoms with Gasteiger partial charge in [0.2, 0.25) is 0 Å². The van der Waals surface area contributed by atoms with Crippen molar-refractivity contribution in [3.63, 3.8) is 0 Å². The smallest absolute Gasteiger partial charge is 0.258 e. The highest BCUT2D eigenvalue weighted by molar-refractivity contribution is 6.30. The van der Waals surface area contributed by atoms with Gasteiger partial charge in [0, 0.05) is 11.6 Å². The van der Waals surface area contributed by atoms with Crippen LogP contribution in [0.15, 0.2) is 48.5 Å². The number of halogens is 2. The molecule has 5 nitrogen and oxygen atoms in total. The number of carbonyl (C=O) groups excluding carboxylic acids is 1. The summed E-state index contributed by atoms with van der Waals surface area (Å²) in [5.74, 6) is 1.27. The van der Waals surface area contributed by atoms with Gasteiger partial charge >= 0.3 is 0 Å². The first-order valence-electron chi connectivity index (χ1n) is 9.19. The number of amides is 1. The first kappa shape index (κ1) is 22.3. The number of nitrogens with zero attached hydrogens (tertiary/aromatic N) is 1. The normalized spacial score (nSPS) is 14.8. The number of carbonyl (C=O) groups is 1. The molecule has 0 saturated carbocycles. The van der Waals surface area contributed by atoms with E-state index in [1.165, 1.54) is 18.4 Å². The van der Waals surface area contributed by atoms with Crippen molar-refractivity contribution in [3.05, 3.63) is 59.1 Å². The van der Waals surface area contributed by atoms with E-state index in [1.807, 2.05) is 12.1 Å². The summed E-state index contributed by atoms with van der Waals surface area (Å²) in [6.07, 6.45) is 2.39. The largest absolute Gasteiger partial charge is 0.497 e. The fourth-order valence-electron chi connectivity index (χ4n) is 3.30. The highest BCUT2D eigenvalue weighted by Crippen LogP contribution is 2.26. The minimum Gasteiger partial charge on any atom is -0.497 e. The fourth-order valence-corrected chi connectivity index (χ4v) is 3.48. The summed E-state index contributed by atoms with van der Waals surface area (Å²) in [5, 5.41) is 3.59. The lowest BCUT2D eigenvalue weighted by Crippen LogP contribution is -2.38. The molecular weight excluding hydrogens is 399 g/mol. The summed E-state index contributed by atoms with van der Waals surface area (Å²) in [7, 11) is 1.66. The van der Waals surface area contributed by atoms with Crippen molar-refractivity contribution in [1.29, 1.82) is 0 Å². The van der Waals surface area contributed by atoms with Crippen LogP contribution in [0.3, 0.4) is 0 Å². The van der Waals surface area contributed by atoms with E-state index in [1.54, 1.807) is 31.4 Å². The van der Waals surface area contributed by atoms with E-state index in [9.17, 15) is 4.79 Å². The SMILES string of the molecule is COc1ccc(C(CNC(=O)COc2cccc(Cl)c2)N2CCCC2)cc1.Cl. The maximum Gasteiger partial charge on any atom is 0.258 e. The maximum absolute atomic E-state index is 12.2. The average Bonchev–Trinajstić information content (AvgIpc) is 3.21. The Kier molecular flexibility index (Phi) is 8.90. The Bertz CT molecular complexity index is 750. The quantitative estimate of drug-likeness (QED) is 0.692. The van der Waals surface area contributed by atoms with Crippen LogP contribution in [0.4, 0.5) is 0 Å². The first-order chi connectivity index (χ1) is 13.2. The second-order valence-corrected chi connectivity index (χ2v) is 7.02. The molecule has 1 atom stereocenters. The van der Waals surface area contributed by atoms with Crippen LogP contribution in [0, 0.1) is 0 Å². The molecule has 0 aromatic heterocycles. The van der Waals surface area contributed by atoms with Crippen molar-refractivity contribution in [2.45, 2.75) is 18.9 Å². The van der Waals surface area contributed by atoms with Crippen LogP contribution in [0.5, 0.6) is 11.5 Å². The molecule has 0 radical (unpaired) electrons. The zero-order valence-electron chi connectivity index (χ0n) is 15.9. The van der Waals surface area contributed by atoms with Crippen molar-refractivity contribution in [2.24, 2.45) is 0 Å². The molecule has 0 spiro atoms. The van der Waals surface area contributed by atoms with Gasteiger partial charge in [-0.25, -0.2) is 0 Å². The summed E-state index contributed by atoms with van der Waals surface area (Å²) in [6.45, 7) is 2.61. The minimum atomic E-state index is -0.146. The van der Waals surface area contributed by atoms with Crippen LogP contribution < -0.4 is 14.8 Å². The highest BCUT2D eigenvalue weighted by Gasteiger charge is 2.24. The van der Waals surface area contributed by atoms with Crippen LogP contribution in [0.25, 0.3) is 0 Å². The van der Waals surface area contributed by atoms with Gasteiger partial charge < -0.3 is 14.8 Å². The minimum absolute atomic E-state index is 0. The molecular formula is C21H26Cl2N2O3. The molecule has 2 aromatic rings. The number of ether oxygens (including phenoxy) is 2. The molecule has 152 valence electrons. The van der Waals surface area contributed by atoms with Gasteiger partial charge in [0.25, 0.3) is 5.91 Å². The topological polar surface area (TPSA) is 50.8 Å². The first-order valence-corrected chi connectivity index (χ1v) is 9.56. The van der Waals surface area contributed by atoms with Gasteiger partial charge in [-0.15, -0.1) is 12.4 Å². The molecule has 1 N–H and O–H groups in total. The zero-order chi connectivity index (χ0) is 19.1. The Morgan fingerprint density at radius 3 is 2.50 bits per heavy atom. The highest BCUT2D eigenvalue weighted by atomic mass is 35.5. The summed E-state index contributed by atoms with van der Waals surface area (Å²) in [4.78, 5) is 14.7. The summed E-state index contributed by atoms with van der Waals surface area (Å²) in [6, 6.07) is 15.2. The second kappa shape index (κ2) is 11.1. The molecule has 1 unspecified atom stereocenters. The number of benzene rings is 2. The summed E-state index contributed by atoms with van der Waals surface area (Å²) < 4.78 is 10.8. The van der Waals surface area contributed by atoms with Crippen molar-refractivity contribution < 1.29 is 14.3 Å². The molecule has 2 aromatic carbocycles. The van der Waals surface area contributed by atoms with E-state index in [2.05, 4.69) is 22.3 Å². The Balaban J connectivity index is 0.00000280. The molecule has 3 rings (SSSR count). The van der Waals surface area contributed by atoms with Crippen LogP contribution in [-0.4, -0.2) is 44.2 Å². The zero-order valence-corrected chi connectivity index (χ0v) is 17.5. The Hall–Kier alpha value is -1.95. The van der Waals surface area contributed by atoms with Crippen LogP contribution >= 0.6 is 24.0 Å². The van der Waals surface area contributed by atoms with E-state index in [0.29, 0.717) is 17.3 Å². The molecule has 7 heteroatoms. The van der Waals surface area contributed by atoms with Gasteiger partial charge in [-0.2, -0.15) is 0 Å². The third-order valence-electron chi connectivity index (χ3n) is 4.74. The maximum atomic E-state index is 12.2. The van der Waals surface area contributed by atoms with E-state index in [0.717, 1.165) is 18.8 Å². The van der Waals surface area contributed by atoms with Crippen molar-refractivity contribution in [3.8, 4) is 11.5 Å². The van der Waals surface area contributed by atoms with Gasteiger partial charge in [-0.05, 0) is 61.8 Å². The van der Waals surface area contributed by atoms with Gasteiger partial charge in [0.15, 0.2) is 6.61 Å². The summed E-state index contributed by atoms with van der Waals surface area (Å²) in [5.41, 5.74) is 1.17. The average molecular weight is 425 g/mol. The predicted molar refractivity (Wildman–Crippen MR) is 114 cm³/mol. The molecule has 1 fully saturated rings. The van der Waals surface area contributed by atoms with E-state index >= 15 is 0 Å². The molecule has 1 amide bonds. The molecule has 1 aliphatic rings. The van der Waals surface area contributed by atoms with E-state index in [4.69, 9.17) is 21.1 Å². The number of likely N-dealkylation sites (tertiary alicyclic amines) is 1. The molecule has 0 aliphatic carbocycles. The molecule has 0 bridgehead atoms. The third kappa shape index (κ3) is 6.30. The van der Waals surface area contributed by atoms with Gasteiger partial charge in [-0.3, -0.25) is 9.69 Å². The Morgan fingerprint density at radius 2 is 1.86 bits per heavy atom. The molecule has 28 heavy (non-hydrogen) atoms. The number of methoxy groups -OCH3 is 1. The van der Waals surface area contributed by atoms with Gasteiger partial charge in [0.05, 0.1) is 13.2 Å². The third-order valence-corrected chi connectivity index (χ3v) is 4.98. The van der Waals surface area contributed by atoms with Crippen LogP contribution in [0.2, 0.25) is 5.02 Å². The Morgan fingerprint density at radius 1 is 1.14 bits per heavy atom. The summed E-state index contributed by atoms with van der Waals surface area (Å²) >= 11 is 5.93. The van der Waals surface area contributed by atoms with Crippen LogP contribution in [-0.2, 0) is 4.79 Å². The van der Waals surface area contributed by atoms with Crippen molar-refractivity contribution in [1.82, 2.24) is 10.2 Å². The Labute approximate surface area is 177 Å². The predicted octanol–water partition coefficient (Wildman–Crippen LogP) is 4.10. The lowest BCUT2D eigenvalue weighted by atomic mass is 10.1. The van der Waals surface area contributed by atoms with Crippen molar-refractivity contribution >= 4 is 29.9 Å². The van der Waals surface area contributed by atoms with Gasteiger partial charge in [-0.1, -0.05) is 29.8 Å². The molecule has 1 aliphatic heterocycles. The second-order valence-electron chi connectivity index (χ2n) is 6.58. The standard InChI is InChI=1S/C21H25ClN2O3.ClH/c1-26-18-9-7-16(8-10-18)20(24-11-2-3-12-24)14-23-21(25)15-27-19-6-4-5-17(22)13-19;/h4-10,13,20H,2-3,11-12,14-15H2,1H3,(H,23,25);1H. The van der Waals surface area contributed by atoms with Crippen LogP contribution in [0.1, 0.15) is 24.4 Å². The molecule has 1 heterocycles. The number of nitrogens with one attached hydrogen (secondary N) is 1. The van der Waals surface area contributed by atoms with E-state index in [-0.39, 0.29) is 31.0 Å². The monoisotopic (exact) mass is 424 g/mol. The lowest BCUT2D eigenvalue weighted by molar-refractivity contribution is -0.123. The number of hydrogen-bond donors (Lipinski definition) is 1. The van der Waals surface area contributed by atoms with Crippen molar-refractivity contribution in [2.75, 3.05) is 33.4 Å². The van der Waals surface area contributed by atoms with Gasteiger partial charge in [0.1, 0.15) is 11.5 Å². The lowest BCUT2D eigenvalue weighted by Gasteiger charge is -2.28. The number of rotatable bonds is 8. The number of hydrogen-bond acceptors (Lipinski definition) is 4.